The Morgan fingerprint density at radius 1 is 1.10 bits per heavy atom. The molecule has 0 spiro atoms. The zero-order chi connectivity index (χ0) is 20.2. The van der Waals surface area contributed by atoms with Crippen molar-refractivity contribution < 1.29 is 14.0 Å². The molecule has 1 aromatic heterocycles. The average Bonchev–Trinajstić information content (AvgIpc) is 3.40. The van der Waals surface area contributed by atoms with E-state index < -0.39 is 5.91 Å². The van der Waals surface area contributed by atoms with Crippen LogP contribution in [0.2, 0.25) is 0 Å². The lowest BCUT2D eigenvalue weighted by Gasteiger charge is -2.22. The Bertz CT molecular complexity index is 1010. The molecule has 2 aromatic carbocycles. The van der Waals surface area contributed by atoms with Crippen molar-refractivity contribution in [3.05, 3.63) is 76.0 Å². The maximum atomic E-state index is 13.0. The van der Waals surface area contributed by atoms with Crippen molar-refractivity contribution in [3.63, 3.8) is 0 Å². The van der Waals surface area contributed by atoms with Gasteiger partial charge in [0, 0.05) is 12.2 Å². The first-order valence-electron chi connectivity index (χ1n) is 9.34. The Balaban J connectivity index is 1.44. The number of halogens is 1. The number of hydrogen-bond donors (Lipinski definition) is 1. The predicted molar refractivity (Wildman–Crippen MR) is 108 cm³/mol. The average molecular weight is 410 g/mol. The third-order valence-corrected chi connectivity index (χ3v) is 5.82. The number of anilines is 1. The fourth-order valence-corrected chi connectivity index (χ4v) is 4.26. The van der Waals surface area contributed by atoms with E-state index in [0.29, 0.717) is 23.7 Å². The molecule has 4 rings (SSSR count). The second-order valence-corrected chi connectivity index (χ2v) is 7.82. The summed E-state index contributed by atoms with van der Waals surface area (Å²) in [7, 11) is 0. The lowest BCUT2D eigenvalue weighted by Crippen LogP contribution is -2.31. The van der Waals surface area contributed by atoms with E-state index in [4.69, 9.17) is 0 Å². The number of rotatable bonds is 5. The number of likely N-dealkylation sites (tertiary alicyclic amines) is 1. The van der Waals surface area contributed by atoms with Crippen molar-refractivity contribution in [2.75, 3.05) is 11.9 Å². The van der Waals surface area contributed by atoms with Crippen LogP contribution in [-0.2, 0) is 11.2 Å². The van der Waals surface area contributed by atoms with Gasteiger partial charge in [-0.2, -0.15) is 0 Å². The van der Waals surface area contributed by atoms with Gasteiger partial charge in [0.1, 0.15) is 10.8 Å². The number of aromatic nitrogens is 2. The van der Waals surface area contributed by atoms with Crippen LogP contribution in [-0.4, -0.2) is 33.5 Å². The van der Waals surface area contributed by atoms with Crippen LogP contribution in [0.25, 0.3) is 0 Å². The number of hydrogen-bond acceptors (Lipinski definition) is 5. The lowest BCUT2D eigenvalue weighted by molar-refractivity contribution is -0.131. The minimum Gasteiger partial charge on any atom is -0.333 e. The van der Waals surface area contributed by atoms with Crippen LogP contribution in [0, 0.1) is 5.82 Å². The maximum absolute atomic E-state index is 13.0. The summed E-state index contributed by atoms with van der Waals surface area (Å²) in [6.07, 6.45) is 2.03. The van der Waals surface area contributed by atoms with E-state index in [1.165, 1.54) is 35.6 Å². The van der Waals surface area contributed by atoms with E-state index in [1.54, 1.807) is 0 Å². The molecule has 0 unspecified atom stereocenters. The monoisotopic (exact) mass is 410 g/mol. The first-order chi connectivity index (χ1) is 14.1. The van der Waals surface area contributed by atoms with Gasteiger partial charge in [-0.25, -0.2) is 4.39 Å². The van der Waals surface area contributed by atoms with E-state index in [2.05, 4.69) is 15.5 Å². The minimum absolute atomic E-state index is 0.0474. The Hall–Kier alpha value is -3.13. The van der Waals surface area contributed by atoms with Crippen LogP contribution >= 0.6 is 11.3 Å². The SMILES string of the molecule is O=C(Nc1ccc(F)cc1)c1nnc([C@H]2CCCN2C(=O)Cc2ccccc2)s1. The number of benzene rings is 2. The fourth-order valence-electron chi connectivity index (χ4n) is 3.37. The van der Waals surface area contributed by atoms with E-state index in [-0.39, 0.29) is 22.8 Å². The van der Waals surface area contributed by atoms with E-state index in [9.17, 15) is 14.0 Å². The van der Waals surface area contributed by atoms with Crippen LogP contribution in [0.5, 0.6) is 0 Å². The molecule has 1 N–H and O–H groups in total. The van der Waals surface area contributed by atoms with Crippen LogP contribution in [0.3, 0.4) is 0 Å². The summed E-state index contributed by atoms with van der Waals surface area (Å²) in [5, 5.41) is 11.7. The smallest absolute Gasteiger partial charge is 0.286 e. The third-order valence-electron chi connectivity index (χ3n) is 4.79. The van der Waals surface area contributed by atoms with Crippen LogP contribution in [0.1, 0.15) is 39.3 Å². The van der Waals surface area contributed by atoms with Gasteiger partial charge in [-0.15, -0.1) is 10.2 Å². The maximum Gasteiger partial charge on any atom is 0.286 e. The highest BCUT2D eigenvalue weighted by atomic mass is 32.1. The highest BCUT2D eigenvalue weighted by molar-refractivity contribution is 7.13. The molecule has 148 valence electrons. The molecule has 2 amide bonds. The number of nitrogens with zero attached hydrogens (tertiary/aromatic N) is 3. The first-order valence-corrected chi connectivity index (χ1v) is 10.2. The zero-order valence-corrected chi connectivity index (χ0v) is 16.4. The fraction of sp³-hybridized carbons (Fsp3) is 0.238. The van der Waals surface area contributed by atoms with Gasteiger partial charge in [0.15, 0.2) is 0 Å². The summed E-state index contributed by atoms with van der Waals surface area (Å²) in [6, 6.07) is 15.0. The highest BCUT2D eigenvalue weighted by Crippen LogP contribution is 2.34. The Morgan fingerprint density at radius 3 is 2.62 bits per heavy atom. The molecule has 1 aliphatic rings. The van der Waals surface area contributed by atoms with Gasteiger partial charge in [0.05, 0.1) is 12.5 Å². The Morgan fingerprint density at radius 2 is 1.86 bits per heavy atom. The van der Waals surface area contributed by atoms with Gasteiger partial charge < -0.3 is 10.2 Å². The second kappa shape index (κ2) is 8.48. The van der Waals surface area contributed by atoms with Crippen molar-refractivity contribution in [3.8, 4) is 0 Å². The molecule has 1 fully saturated rings. The number of carbonyl (C=O) groups excluding carboxylic acids is 2. The first kappa shape index (κ1) is 19.2. The van der Waals surface area contributed by atoms with Gasteiger partial charge in [-0.3, -0.25) is 9.59 Å². The molecule has 0 bridgehead atoms. The largest absolute Gasteiger partial charge is 0.333 e. The molecule has 8 heteroatoms. The molecular weight excluding hydrogens is 391 g/mol. The number of nitrogens with one attached hydrogen (secondary N) is 1. The third kappa shape index (κ3) is 4.48. The molecular formula is C21H19FN4O2S. The molecule has 0 saturated carbocycles. The van der Waals surface area contributed by atoms with Crippen LogP contribution in [0.4, 0.5) is 10.1 Å². The van der Waals surface area contributed by atoms with E-state index in [0.717, 1.165) is 18.4 Å². The van der Waals surface area contributed by atoms with E-state index in [1.807, 2.05) is 35.2 Å². The minimum atomic E-state index is -0.402. The van der Waals surface area contributed by atoms with Crippen LogP contribution < -0.4 is 5.32 Å². The molecule has 2 heterocycles. The second-order valence-electron chi connectivity index (χ2n) is 6.81. The molecule has 1 atom stereocenters. The molecule has 0 aliphatic carbocycles. The summed E-state index contributed by atoms with van der Waals surface area (Å²) in [6.45, 7) is 0.674. The van der Waals surface area contributed by atoms with Gasteiger partial charge in [-0.1, -0.05) is 41.7 Å². The van der Waals surface area contributed by atoms with Crippen molar-refractivity contribution in [1.29, 1.82) is 0 Å². The van der Waals surface area contributed by atoms with Crippen molar-refractivity contribution >= 4 is 28.8 Å². The summed E-state index contributed by atoms with van der Waals surface area (Å²) in [5.74, 6) is -0.727. The van der Waals surface area contributed by atoms with Gasteiger partial charge in [0.25, 0.3) is 5.91 Å². The summed E-state index contributed by atoms with van der Waals surface area (Å²) < 4.78 is 13.0. The lowest BCUT2D eigenvalue weighted by atomic mass is 10.1. The Kier molecular flexibility index (Phi) is 5.62. The summed E-state index contributed by atoms with van der Waals surface area (Å²) in [5.41, 5.74) is 1.45. The summed E-state index contributed by atoms with van der Waals surface area (Å²) >= 11 is 1.19. The quantitative estimate of drug-likeness (QED) is 0.694. The molecule has 0 radical (unpaired) electrons. The van der Waals surface area contributed by atoms with Gasteiger partial charge in [-0.05, 0) is 42.7 Å². The Labute approximate surface area is 171 Å². The predicted octanol–water partition coefficient (Wildman–Crippen LogP) is 3.84. The molecule has 29 heavy (non-hydrogen) atoms. The number of carbonyl (C=O) groups is 2. The summed E-state index contributed by atoms with van der Waals surface area (Å²) in [4.78, 5) is 27.0. The van der Waals surface area contributed by atoms with Crippen molar-refractivity contribution in [1.82, 2.24) is 15.1 Å². The standard InChI is InChI=1S/C21H19FN4O2S/c22-15-8-10-16(11-9-15)23-19(28)21-25-24-20(29-21)17-7-4-12-26(17)18(27)13-14-5-2-1-3-6-14/h1-3,5-6,8-11,17H,4,7,12-13H2,(H,23,28)/t17-/m1/s1. The molecule has 1 aliphatic heterocycles. The zero-order valence-electron chi connectivity index (χ0n) is 15.5. The number of amides is 2. The normalized spacial score (nSPS) is 16.0. The van der Waals surface area contributed by atoms with Crippen molar-refractivity contribution in [2.24, 2.45) is 0 Å². The van der Waals surface area contributed by atoms with Gasteiger partial charge in [0.2, 0.25) is 10.9 Å². The molecule has 6 nitrogen and oxygen atoms in total. The van der Waals surface area contributed by atoms with E-state index >= 15 is 0 Å². The van der Waals surface area contributed by atoms with Crippen molar-refractivity contribution in [2.45, 2.75) is 25.3 Å². The van der Waals surface area contributed by atoms with Crippen LogP contribution in [0.15, 0.2) is 54.6 Å². The topological polar surface area (TPSA) is 75.2 Å². The highest BCUT2D eigenvalue weighted by Gasteiger charge is 2.33. The molecule has 3 aromatic rings. The molecule has 1 saturated heterocycles. The van der Waals surface area contributed by atoms with Gasteiger partial charge >= 0.3 is 0 Å².